The third-order valence-corrected chi connectivity index (χ3v) is 4.62. The van der Waals surface area contributed by atoms with Gasteiger partial charge in [-0.1, -0.05) is 30.3 Å². The molecule has 0 aliphatic heterocycles. The van der Waals surface area contributed by atoms with Gasteiger partial charge in [0.25, 0.3) is 0 Å². The number of carbonyl (C=O) groups excluding carboxylic acids is 2. The van der Waals surface area contributed by atoms with E-state index >= 15 is 0 Å². The molecule has 0 saturated carbocycles. The third kappa shape index (κ3) is 6.46. The zero-order valence-corrected chi connectivity index (χ0v) is 17.7. The molecule has 0 radical (unpaired) electrons. The topological polar surface area (TPSA) is 82.7 Å². The summed E-state index contributed by atoms with van der Waals surface area (Å²) >= 11 is 0. The highest BCUT2D eigenvalue weighted by atomic mass is 19.1. The van der Waals surface area contributed by atoms with Crippen molar-refractivity contribution >= 4 is 29.1 Å². The normalized spacial score (nSPS) is 10.2. The van der Waals surface area contributed by atoms with Crippen LogP contribution in [0.1, 0.15) is 6.42 Å². The maximum absolute atomic E-state index is 13.9. The van der Waals surface area contributed by atoms with Crippen molar-refractivity contribution in [3.05, 3.63) is 84.7 Å². The Bertz CT molecular complexity index is 1030. The Hall–Kier alpha value is -4.07. The van der Waals surface area contributed by atoms with Crippen molar-refractivity contribution in [1.82, 2.24) is 5.32 Å². The predicted molar refractivity (Wildman–Crippen MR) is 124 cm³/mol. The molecule has 3 aromatic rings. The van der Waals surface area contributed by atoms with Crippen molar-refractivity contribution in [3.8, 4) is 5.75 Å². The van der Waals surface area contributed by atoms with Crippen LogP contribution in [0, 0.1) is 5.82 Å². The number of benzene rings is 3. The van der Waals surface area contributed by atoms with Crippen molar-refractivity contribution in [3.63, 3.8) is 0 Å². The van der Waals surface area contributed by atoms with Crippen molar-refractivity contribution < 1.29 is 18.7 Å². The number of para-hydroxylation sites is 2. The van der Waals surface area contributed by atoms with Crippen LogP contribution in [0.4, 0.5) is 31.0 Å². The molecule has 3 N–H and O–H groups in total. The van der Waals surface area contributed by atoms with Gasteiger partial charge in [-0.3, -0.25) is 4.90 Å². The molecule has 0 spiro atoms. The average Bonchev–Trinajstić information content (AvgIpc) is 2.81. The summed E-state index contributed by atoms with van der Waals surface area (Å²) in [5.74, 6) is 0.191. The van der Waals surface area contributed by atoms with Gasteiger partial charge in [0.2, 0.25) is 0 Å². The van der Waals surface area contributed by atoms with E-state index in [0.29, 0.717) is 36.6 Å². The monoisotopic (exact) mass is 436 g/mol. The molecule has 0 heterocycles. The molecule has 0 aliphatic rings. The van der Waals surface area contributed by atoms with Gasteiger partial charge in [0.05, 0.1) is 12.8 Å². The quantitative estimate of drug-likeness (QED) is 0.431. The summed E-state index contributed by atoms with van der Waals surface area (Å²) in [5.41, 5.74) is 1.41. The summed E-state index contributed by atoms with van der Waals surface area (Å²) in [7, 11) is 1.57. The Morgan fingerprint density at radius 1 is 0.906 bits per heavy atom. The molecule has 4 amide bonds. The van der Waals surface area contributed by atoms with Crippen LogP contribution in [0.3, 0.4) is 0 Å². The van der Waals surface area contributed by atoms with Crippen molar-refractivity contribution in [2.75, 3.05) is 35.7 Å². The molecular formula is C24H25FN4O3. The maximum atomic E-state index is 13.9. The Labute approximate surface area is 186 Å². The van der Waals surface area contributed by atoms with Crippen LogP contribution < -0.4 is 25.6 Å². The number of methoxy groups -OCH3 is 1. The van der Waals surface area contributed by atoms with Crippen LogP contribution in [0.15, 0.2) is 78.9 Å². The lowest BCUT2D eigenvalue weighted by Gasteiger charge is -2.23. The van der Waals surface area contributed by atoms with E-state index in [9.17, 15) is 14.0 Å². The highest BCUT2D eigenvalue weighted by molar-refractivity contribution is 6.01. The Morgan fingerprint density at radius 3 is 2.28 bits per heavy atom. The molecule has 0 fully saturated rings. The smallest absolute Gasteiger partial charge is 0.326 e. The van der Waals surface area contributed by atoms with Gasteiger partial charge in [0.1, 0.15) is 11.6 Å². The summed E-state index contributed by atoms with van der Waals surface area (Å²) in [5, 5.41) is 8.10. The largest absolute Gasteiger partial charge is 0.497 e. The molecule has 8 heteroatoms. The van der Waals surface area contributed by atoms with Crippen molar-refractivity contribution in [2.24, 2.45) is 0 Å². The maximum Gasteiger partial charge on any atom is 0.326 e. The number of urea groups is 2. The minimum atomic E-state index is -0.509. The first kappa shape index (κ1) is 22.6. The Kier molecular flexibility index (Phi) is 8.02. The van der Waals surface area contributed by atoms with E-state index in [1.165, 1.54) is 17.0 Å². The predicted octanol–water partition coefficient (Wildman–Crippen LogP) is 5.08. The van der Waals surface area contributed by atoms with E-state index in [0.717, 1.165) is 0 Å². The molecule has 0 saturated heterocycles. The number of hydrogen-bond acceptors (Lipinski definition) is 3. The molecule has 0 atom stereocenters. The number of carbonyl (C=O) groups is 2. The standard InChI is InChI=1S/C24H25FN4O3/c1-32-20-14-12-18(13-15-20)27-23(30)26-16-7-17-29(19-8-3-2-4-9-19)24(31)28-22-11-6-5-10-21(22)25/h2-6,8-15H,7,16-17H2,1H3,(H,28,31)(H2,26,27,30). The van der Waals surface area contributed by atoms with E-state index in [1.54, 1.807) is 55.6 Å². The van der Waals surface area contributed by atoms with Crippen molar-refractivity contribution in [1.29, 1.82) is 0 Å². The molecule has 0 aliphatic carbocycles. The summed E-state index contributed by atoms with van der Waals surface area (Å²) < 4.78 is 19.0. The minimum Gasteiger partial charge on any atom is -0.497 e. The van der Waals surface area contributed by atoms with Gasteiger partial charge >= 0.3 is 12.1 Å². The fourth-order valence-corrected chi connectivity index (χ4v) is 2.99. The van der Waals surface area contributed by atoms with E-state index in [4.69, 9.17) is 4.74 Å². The van der Waals surface area contributed by atoms with Gasteiger partial charge in [-0.15, -0.1) is 0 Å². The second-order valence-corrected chi connectivity index (χ2v) is 6.86. The van der Waals surface area contributed by atoms with Crippen molar-refractivity contribution in [2.45, 2.75) is 6.42 Å². The molecule has 0 aromatic heterocycles. The Balaban J connectivity index is 1.54. The first-order valence-electron chi connectivity index (χ1n) is 10.1. The summed E-state index contributed by atoms with van der Waals surface area (Å²) in [6, 6.07) is 21.2. The third-order valence-electron chi connectivity index (χ3n) is 4.62. The number of halogens is 1. The van der Waals surface area contributed by atoms with E-state index in [2.05, 4.69) is 16.0 Å². The summed E-state index contributed by atoms with van der Waals surface area (Å²) in [6.07, 6.45) is 0.496. The SMILES string of the molecule is COc1ccc(NC(=O)NCCCN(C(=O)Nc2ccccc2F)c2ccccc2)cc1. The lowest BCUT2D eigenvalue weighted by molar-refractivity contribution is 0.252. The van der Waals surface area contributed by atoms with Crippen LogP contribution in [0.2, 0.25) is 0 Å². The van der Waals surface area contributed by atoms with E-state index in [1.807, 2.05) is 18.2 Å². The second-order valence-electron chi connectivity index (χ2n) is 6.86. The molecule has 7 nitrogen and oxygen atoms in total. The highest BCUT2D eigenvalue weighted by Crippen LogP contribution is 2.18. The van der Waals surface area contributed by atoms with E-state index < -0.39 is 11.8 Å². The van der Waals surface area contributed by atoms with Gasteiger partial charge < -0.3 is 20.7 Å². The molecular weight excluding hydrogens is 411 g/mol. The first-order valence-corrected chi connectivity index (χ1v) is 10.1. The summed E-state index contributed by atoms with van der Waals surface area (Å²) in [4.78, 5) is 26.4. The average molecular weight is 436 g/mol. The van der Waals surface area contributed by atoms with Crippen LogP contribution in [-0.4, -0.2) is 32.3 Å². The fourth-order valence-electron chi connectivity index (χ4n) is 2.99. The van der Waals surface area contributed by atoms with Gasteiger partial charge in [-0.25, -0.2) is 14.0 Å². The minimum absolute atomic E-state index is 0.107. The fraction of sp³-hybridized carbons (Fsp3) is 0.167. The van der Waals surface area contributed by atoms with Crippen LogP contribution in [0.25, 0.3) is 0 Å². The summed E-state index contributed by atoms with van der Waals surface area (Å²) in [6.45, 7) is 0.672. The lowest BCUT2D eigenvalue weighted by atomic mass is 10.2. The number of nitrogens with zero attached hydrogens (tertiary/aromatic N) is 1. The van der Waals surface area contributed by atoms with Crippen LogP contribution in [0.5, 0.6) is 5.75 Å². The van der Waals surface area contributed by atoms with Crippen LogP contribution in [-0.2, 0) is 0 Å². The number of anilines is 3. The molecule has 32 heavy (non-hydrogen) atoms. The lowest BCUT2D eigenvalue weighted by Crippen LogP contribution is -2.38. The number of amides is 4. The van der Waals surface area contributed by atoms with Gasteiger partial charge in [0, 0.05) is 24.5 Å². The van der Waals surface area contributed by atoms with Gasteiger partial charge in [-0.05, 0) is 55.0 Å². The van der Waals surface area contributed by atoms with Crippen LogP contribution >= 0.6 is 0 Å². The molecule has 0 bridgehead atoms. The first-order chi connectivity index (χ1) is 15.6. The molecule has 3 rings (SSSR count). The van der Waals surface area contributed by atoms with Gasteiger partial charge in [0.15, 0.2) is 0 Å². The number of ether oxygens (including phenoxy) is 1. The second kappa shape index (κ2) is 11.4. The molecule has 3 aromatic carbocycles. The Morgan fingerprint density at radius 2 is 1.59 bits per heavy atom. The number of rotatable bonds is 8. The highest BCUT2D eigenvalue weighted by Gasteiger charge is 2.17. The molecule has 0 unspecified atom stereocenters. The number of hydrogen-bond donors (Lipinski definition) is 3. The number of nitrogens with one attached hydrogen (secondary N) is 3. The van der Waals surface area contributed by atoms with Gasteiger partial charge in [-0.2, -0.15) is 0 Å². The zero-order chi connectivity index (χ0) is 22.8. The van der Waals surface area contributed by atoms with E-state index in [-0.39, 0.29) is 11.7 Å². The molecule has 166 valence electrons. The zero-order valence-electron chi connectivity index (χ0n) is 17.7.